The number of carbonyl (C=O) groups excluding carboxylic acids is 1. The first-order valence-corrected chi connectivity index (χ1v) is 14.7. The Hall–Kier alpha value is -3.37. The molecule has 0 bridgehead atoms. The summed E-state index contributed by atoms with van der Waals surface area (Å²) >= 11 is 6.15. The minimum Gasteiger partial charge on any atom is -0.395 e. The lowest BCUT2D eigenvalue weighted by Crippen LogP contribution is -2.31. The van der Waals surface area contributed by atoms with Crippen molar-refractivity contribution in [3.8, 4) is 11.8 Å². The van der Waals surface area contributed by atoms with Crippen LogP contribution >= 0.6 is 11.6 Å². The SMILES string of the molecule is Cc1cn2nc([C@H](C)N(C)C(=O)c3cc(Cl)ccc3NS(C)(=O)=O)c(C#CCCO)c2nc1N1CC[C@H](N)C1. The average molecular weight is 574 g/mol. The average Bonchev–Trinajstić information content (AvgIpc) is 3.45. The number of nitrogens with two attached hydrogens (primary N) is 1. The number of aliphatic hydroxyl groups is 1. The molecule has 1 aliphatic rings. The van der Waals surface area contributed by atoms with Crippen molar-refractivity contribution in [2.45, 2.75) is 38.8 Å². The van der Waals surface area contributed by atoms with Gasteiger partial charge in [0.25, 0.3) is 5.91 Å². The number of anilines is 2. The van der Waals surface area contributed by atoms with Crippen molar-refractivity contribution in [1.29, 1.82) is 0 Å². The van der Waals surface area contributed by atoms with Crippen molar-refractivity contribution >= 4 is 44.7 Å². The standard InChI is InChI=1S/C26H32ClN7O4S/c1-16-14-34-25(29-24(16)33-11-10-19(28)15-33)20(7-5-6-12-35)23(30-34)17(2)32(3)26(36)21-13-18(27)8-9-22(21)31-39(4,37)38/h8-9,13-14,17,19,31,35H,6,10-12,15,28H2,1-4H3/t17-,19-/m0/s1. The summed E-state index contributed by atoms with van der Waals surface area (Å²) in [4.78, 5) is 22.1. The van der Waals surface area contributed by atoms with E-state index in [-0.39, 0.29) is 35.3 Å². The number of aliphatic hydroxyl groups excluding tert-OH is 1. The Kier molecular flexibility index (Phi) is 8.37. The second kappa shape index (κ2) is 11.4. The second-order valence-corrected chi connectivity index (χ2v) is 11.9. The van der Waals surface area contributed by atoms with Crippen LogP contribution in [0.5, 0.6) is 0 Å². The fourth-order valence-electron chi connectivity index (χ4n) is 4.52. The number of aromatic nitrogens is 3. The maximum absolute atomic E-state index is 13.6. The molecule has 0 radical (unpaired) electrons. The molecule has 11 nitrogen and oxygen atoms in total. The van der Waals surface area contributed by atoms with Crippen LogP contribution in [0.4, 0.5) is 11.5 Å². The van der Waals surface area contributed by atoms with Crippen LogP contribution in [0.2, 0.25) is 5.02 Å². The van der Waals surface area contributed by atoms with Crippen LogP contribution in [0.25, 0.3) is 5.65 Å². The summed E-state index contributed by atoms with van der Waals surface area (Å²) in [6.07, 6.45) is 4.03. The highest BCUT2D eigenvalue weighted by molar-refractivity contribution is 7.92. The number of sulfonamides is 1. The molecule has 4 rings (SSSR count). The van der Waals surface area contributed by atoms with Crippen LogP contribution in [0.1, 0.15) is 53.0 Å². The van der Waals surface area contributed by atoms with E-state index in [1.807, 2.05) is 13.1 Å². The topological polar surface area (TPSA) is 146 Å². The summed E-state index contributed by atoms with van der Waals surface area (Å²) < 4.78 is 27.8. The van der Waals surface area contributed by atoms with Crippen molar-refractivity contribution in [1.82, 2.24) is 19.5 Å². The van der Waals surface area contributed by atoms with Gasteiger partial charge in [-0.3, -0.25) is 9.52 Å². The van der Waals surface area contributed by atoms with Crippen LogP contribution in [-0.2, 0) is 10.0 Å². The summed E-state index contributed by atoms with van der Waals surface area (Å²) in [7, 11) is -2.04. The predicted octanol–water partition coefficient (Wildman–Crippen LogP) is 2.17. The first-order chi connectivity index (χ1) is 18.4. The highest BCUT2D eigenvalue weighted by Gasteiger charge is 2.29. The smallest absolute Gasteiger partial charge is 0.256 e. The summed E-state index contributed by atoms with van der Waals surface area (Å²) in [5, 5.41) is 14.3. The first kappa shape index (κ1) is 28.6. The van der Waals surface area contributed by atoms with E-state index in [9.17, 15) is 18.3 Å². The number of rotatable bonds is 7. The normalized spacial score (nSPS) is 16.2. The van der Waals surface area contributed by atoms with Crippen LogP contribution in [0.15, 0.2) is 24.4 Å². The monoisotopic (exact) mass is 573 g/mol. The van der Waals surface area contributed by atoms with Crippen LogP contribution < -0.4 is 15.4 Å². The number of amides is 1. The number of halogens is 1. The Labute approximate surface area is 233 Å². The molecule has 3 aromatic rings. The molecule has 13 heteroatoms. The number of nitrogens with one attached hydrogen (secondary N) is 1. The molecule has 1 aromatic carbocycles. The fraction of sp³-hybridized carbons (Fsp3) is 0.423. The van der Waals surface area contributed by atoms with Gasteiger partial charge in [-0.2, -0.15) is 5.10 Å². The van der Waals surface area contributed by atoms with Gasteiger partial charge in [-0.05, 0) is 38.5 Å². The predicted molar refractivity (Wildman–Crippen MR) is 152 cm³/mol. The summed E-state index contributed by atoms with van der Waals surface area (Å²) in [6.45, 7) is 5.17. The molecule has 0 saturated carbocycles. The molecule has 0 spiro atoms. The van der Waals surface area contributed by atoms with E-state index in [1.165, 1.54) is 23.1 Å². The van der Waals surface area contributed by atoms with Crippen molar-refractivity contribution < 1.29 is 18.3 Å². The zero-order valence-electron chi connectivity index (χ0n) is 22.3. The van der Waals surface area contributed by atoms with Gasteiger partial charge in [0, 0.05) is 49.4 Å². The lowest BCUT2D eigenvalue weighted by molar-refractivity contribution is 0.0740. The third-order valence-electron chi connectivity index (χ3n) is 6.57. The van der Waals surface area contributed by atoms with E-state index in [0.717, 1.165) is 30.6 Å². The van der Waals surface area contributed by atoms with Crippen molar-refractivity contribution in [3.05, 3.63) is 51.8 Å². The Morgan fingerprint density at radius 3 is 2.79 bits per heavy atom. The number of carbonyl (C=O) groups is 1. The Morgan fingerprint density at radius 2 is 2.15 bits per heavy atom. The number of nitrogens with zero attached hydrogens (tertiary/aromatic N) is 5. The van der Waals surface area contributed by atoms with Gasteiger partial charge in [0.2, 0.25) is 10.0 Å². The quantitative estimate of drug-likeness (QED) is 0.364. The zero-order chi connectivity index (χ0) is 28.5. The van der Waals surface area contributed by atoms with Gasteiger partial charge in [-0.15, -0.1) is 0 Å². The van der Waals surface area contributed by atoms with Gasteiger partial charge in [0.15, 0.2) is 5.65 Å². The molecule has 2 aromatic heterocycles. The number of aryl methyl sites for hydroxylation is 1. The van der Waals surface area contributed by atoms with Crippen LogP contribution in [0, 0.1) is 18.8 Å². The molecule has 3 heterocycles. The minimum atomic E-state index is -3.64. The molecule has 1 amide bonds. The van der Waals surface area contributed by atoms with Gasteiger partial charge >= 0.3 is 0 Å². The molecule has 1 aliphatic heterocycles. The Bertz CT molecular complexity index is 1580. The molecular weight excluding hydrogens is 542 g/mol. The van der Waals surface area contributed by atoms with E-state index in [4.69, 9.17) is 27.4 Å². The van der Waals surface area contributed by atoms with Crippen LogP contribution in [-0.4, -0.2) is 78.0 Å². The van der Waals surface area contributed by atoms with Crippen molar-refractivity contribution in [3.63, 3.8) is 0 Å². The zero-order valence-corrected chi connectivity index (χ0v) is 23.8. The highest BCUT2D eigenvalue weighted by Crippen LogP contribution is 2.30. The van der Waals surface area contributed by atoms with Crippen LogP contribution in [0.3, 0.4) is 0 Å². The molecule has 2 atom stereocenters. The number of fused-ring (bicyclic) bond motifs is 1. The van der Waals surface area contributed by atoms with Gasteiger partial charge in [-0.1, -0.05) is 23.4 Å². The van der Waals surface area contributed by atoms with Gasteiger partial charge in [0.1, 0.15) is 11.5 Å². The minimum absolute atomic E-state index is 0.0833. The molecule has 4 N–H and O–H groups in total. The summed E-state index contributed by atoms with van der Waals surface area (Å²) in [6, 6.07) is 3.88. The van der Waals surface area contributed by atoms with E-state index in [2.05, 4.69) is 21.5 Å². The number of benzene rings is 1. The molecule has 0 unspecified atom stereocenters. The number of hydrogen-bond donors (Lipinski definition) is 3. The molecule has 1 fully saturated rings. The fourth-order valence-corrected chi connectivity index (χ4v) is 5.27. The molecule has 0 aliphatic carbocycles. The highest BCUT2D eigenvalue weighted by atomic mass is 35.5. The van der Waals surface area contributed by atoms with Gasteiger partial charge in [-0.25, -0.2) is 17.9 Å². The lowest BCUT2D eigenvalue weighted by Gasteiger charge is -2.25. The van der Waals surface area contributed by atoms with Crippen molar-refractivity contribution in [2.24, 2.45) is 5.73 Å². The summed E-state index contributed by atoms with van der Waals surface area (Å²) in [5.74, 6) is 6.40. The van der Waals surface area contributed by atoms with Gasteiger partial charge < -0.3 is 20.6 Å². The summed E-state index contributed by atoms with van der Waals surface area (Å²) in [5.41, 5.74) is 8.86. The van der Waals surface area contributed by atoms with E-state index in [0.29, 0.717) is 23.4 Å². The van der Waals surface area contributed by atoms with E-state index < -0.39 is 22.0 Å². The lowest BCUT2D eigenvalue weighted by atomic mass is 10.1. The molecule has 208 valence electrons. The molecular formula is C26H32ClN7O4S. The maximum Gasteiger partial charge on any atom is 0.256 e. The third kappa shape index (κ3) is 6.28. The number of hydrogen-bond acceptors (Lipinski definition) is 8. The Balaban J connectivity index is 1.77. The van der Waals surface area contributed by atoms with E-state index in [1.54, 1.807) is 18.5 Å². The molecule has 39 heavy (non-hydrogen) atoms. The Morgan fingerprint density at radius 1 is 1.41 bits per heavy atom. The van der Waals surface area contributed by atoms with Gasteiger partial charge in [0.05, 0.1) is 35.7 Å². The first-order valence-electron chi connectivity index (χ1n) is 12.4. The second-order valence-electron chi connectivity index (χ2n) is 9.70. The maximum atomic E-state index is 13.6. The largest absolute Gasteiger partial charge is 0.395 e. The van der Waals surface area contributed by atoms with E-state index >= 15 is 0 Å². The third-order valence-corrected chi connectivity index (χ3v) is 7.40. The molecule has 1 saturated heterocycles. The van der Waals surface area contributed by atoms with Crippen molar-refractivity contribution in [2.75, 3.05) is 42.6 Å².